The molecule has 1 aromatic carbocycles. The van der Waals surface area contributed by atoms with Crippen molar-refractivity contribution in [2.45, 2.75) is 45.3 Å². The number of benzene rings is 1. The van der Waals surface area contributed by atoms with Gasteiger partial charge in [-0.3, -0.25) is 4.79 Å². The minimum absolute atomic E-state index is 0.0542. The van der Waals surface area contributed by atoms with Crippen LogP contribution in [0.3, 0.4) is 0 Å². The van der Waals surface area contributed by atoms with E-state index in [1.54, 1.807) is 4.90 Å². The van der Waals surface area contributed by atoms with Gasteiger partial charge in [0.15, 0.2) is 0 Å². The number of nitrogens with zero attached hydrogens (tertiary/aromatic N) is 1. The summed E-state index contributed by atoms with van der Waals surface area (Å²) in [6, 6.07) is 7.55. The van der Waals surface area contributed by atoms with Gasteiger partial charge in [-0.15, -0.1) is 0 Å². The molecular weight excluding hydrogens is 254 g/mol. The maximum absolute atomic E-state index is 12.4. The third kappa shape index (κ3) is 3.58. The number of aliphatic hydroxyl groups is 1. The molecule has 1 unspecified atom stereocenters. The molecule has 0 aliphatic carbocycles. The fourth-order valence-corrected chi connectivity index (χ4v) is 2.35. The van der Waals surface area contributed by atoms with Crippen LogP contribution in [0.2, 0.25) is 0 Å². The second-order valence-corrected chi connectivity index (χ2v) is 6.16. The maximum atomic E-state index is 12.4. The molecule has 2 rings (SSSR count). The molecule has 0 bridgehead atoms. The van der Waals surface area contributed by atoms with Crippen molar-refractivity contribution in [3.63, 3.8) is 0 Å². The number of anilines is 1. The largest absolute Gasteiger partial charge is 0.388 e. The van der Waals surface area contributed by atoms with E-state index >= 15 is 0 Å². The van der Waals surface area contributed by atoms with Crippen molar-refractivity contribution in [1.82, 2.24) is 0 Å². The van der Waals surface area contributed by atoms with Crippen LogP contribution < -0.4 is 4.90 Å². The number of carbonyl (C=O) groups excluding carboxylic acids is 1. The Labute approximate surface area is 120 Å². The van der Waals surface area contributed by atoms with Gasteiger partial charge in [0.2, 0.25) is 0 Å². The number of fused-ring (bicyclic) bond motifs is 1. The molecule has 0 aromatic heterocycles. The molecule has 1 N–H and O–H groups in total. The van der Waals surface area contributed by atoms with E-state index in [0.29, 0.717) is 13.0 Å². The first-order valence-corrected chi connectivity index (χ1v) is 7.10. The lowest BCUT2D eigenvalue weighted by atomic mass is 10.0. The van der Waals surface area contributed by atoms with E-state index in [9.17, 15) is 9.90 Å². The molecule has 0 spiro atoms. The van der Waals surface area contributed by atoms with Crippen LogP contribution in [-0.4, -0.2) is 29.8 Å². The lowest BCUT2D eigenvalue weighted by molar-refractivity contribution is -0.127. The summed E-state index contributed by atoms with van der Waals surface area (Å²) in [6.07, 6.45) is 0.977. The van der Waals surface area contributed by atoms with E-state index in [1.807, 2.05) is 45.0 Å². The number of para-hydroxylation sites is 1. The van der Waals surface area contributed by atoms with Gasteiger partial charge in [0, 0.05) is 17.8 Å². The Bertz CT molecular complexity index is 479. The third-order valence-electron chi connectivity index (χ3n) is 3.38. The molecule has 4 heteroatoms. The fourth-order valence-electron chi connectivity index (χ4n) is 2.35. The molecule has 1 amide bonds. The maximum Gasteiger partial charge on any atom is 0.253 e. The summed E-state index contributed by atoms with van der Waals surface area (Å²) in [5, 5.41) is 10.1. The van der Waals surface area contributed by atoms with E-state index in [0.717, 1.165) is 17.7 Å². The van der Waals surface area contributed by atoms with Crippen LogP contribution in [0.4, 0.5) is 5.69 Å². The van der Waals surface area contributed by atoms with Gasteiger partial charge in [0.05, 0.1) is 11.7 Å². The van der Waals surface area contributed by atoms with E-state index in [1.165, 1.54) is 0 Å². The van der Waals surface area contributed by atoms with Crippen molar-refractivity contribution in [3.05, 3.63) is 29.8 Å². The van der Waals surface area contributed by atoms with Crippen LogP contribution in [0.25, 0.3) is 0 Å². The fraction of sp³-hybridized carbons (Fsp3) is 0.562. The predicted octanol–water partition coefficient (Wildman–Crippen LogP) is 2.66. The minimum atomic E-state index is -0.493. The number of carbonyl (C=O) groups is 1. The molecule has 0 fully saturated rings. The molecular formula is C16H23NO3. The lowest BCUT2D eigenvalue weighted by Crippen LogP contribution is -2.37. The second kappa shape index (κ2) is 5.94. The van der Waals surface area contributed by atoms with Crippen molar-refractivity contribution in [2.24, 2.45) is 0 Å². The third-order valence-corrected chi connectivity index (χ3v) is 3.38. The zero-order valence-corrected chi connectivity index (χ0v) is 12.4. The zero-order valence-electron chi connectivity index (χ0n) is 12.4. The van der Waals surface area contributed by atoms with E-state index in [2.05, 4.69) is 0 Å². The Morgan fingerprint density at radius 1 is 1.40 bits per heavy atom. The highest BCUT2D eigenvalue weighted by molar-refractivity contribution is 5.95. The van der Waals surface area contributed by atoms with Gasteiger partial charge < -0.3 is 14.7 Å². The molecule has 0 saturated carbocycles. The molecule has 1 atom stereocenters. The molecule has 1 aliphatic heterocycles. The Morgan fingerprint density at radius 2 is 2.10 bits per heavy atom. The van der Waals surface area contributed by atoms with E-state index < -0.39 is 6.10 Å². The van der Waals surface area contributed by atoms with E-state index in [4.69, 9.17) is 4.74 Å². The van der Waals surface area contributed by atoms with Crippen molar-refractivity contribution in [3.8, 4) is 0 Å². The van der Waals surface area contributed by atoms with Crippen LogP contribution in [0.1, 0.15) is 45.3 Å². The molecule has 1 aromatic rings. The Kier molecular flexibility index (Phi) is 4.45. The van der Waals surface area contributed by atoms with Gasteiger partial charge >= 0.3 is 0 Å². The minimum Gasteiger partial charge on any atom is -0.388 e. The first-order chi connectivity index (χ1) is 9.38. The highest BCUT2D eigenvalue weighted by Crippen LogP contribution is 2.32. The normalized spacial score (nSPS) is 19.4. The van der Waals surface area contributed by atoms with Crippen LogP contribution in [0.5, 0.6) is 0 Å². The van der Waals surface area contributed by atoms with Crippen molar-refractivity contribution >= 4 is 11.6 Å². The average Bonchev–Trinajstić information content (AvgIpc) is 2.55. The summed E-state index contributed by atoms with van der Waals surface area (Å²) in [4.78, 5) is 14.1. The number of rotatable bonds is 2. The molecule has 0 saturated heterocycles. The van der Waals surface area contributed by atoms with Gasteiger partial charge in [-0.1, -0.05) is 18.2 Å². The first kappa shape index (κ1) is 15.0. The average molecular weight is 277 g/mol. The van der Waals surface area contributed by atoms with Gasteiger partial charge in [-0.05, 0) is 39.7 Å². The number of hydrogen-bond acceptors (Lipinski definition) is 3. The van der Waals surface area contributed by atoms with Gasteiger partial charge in [-0.25, -0.2) is 0 Å². The van der Waals surface area contributed by atoms with Crippen LogP contribution in [-0.2, 0) is 9.53 Å². The highest BCUT2D eigenvalue weighted by Gasteiger charge is 2.26. The van der Waals surface area contributed by atoms with Crippen molar-refractivity contribution in [2.75, 3.05) is 18.1 Å². The molecule has 1 heterocycles. The summed E-state index contributed by atoms with van der Waals surface area (Å²) in [5.41, 5.74) is 1.30. The Hall–Kier alpha value is -1.39. The first-order valence-electron chi connectivity index (χ1n) is 7.10. The summed E-state index contributed by atoms with van der Waals surface area (Å²) < 4.78 is 5.57. The molecule has 0 radical (unpaired) electrons. The van der Waals surface area contributed by atoms with Crippen LogP contribution >= 0.6 is 0 Å². The SMILES string of the molecule is CC(C)(C)OCC(=O)N1CCCC(O)c2ccccc21. The number of hydrogen-bond donors (Lipinski definition) is 1. The standard InChI is InChI=1S/C16H23NO3/c1-16(2,3)20-11-15(19)17-10-6-9-14(18)12-7-4-5-8-13(12)17/h4-5,7-8,14,18H,6,9-11H2,1-3H3. The monoisotopic (exact) mass is 277 g/mol. The quantitative estimate of drug-likeness (QED) is 0.904. The van der Waals surface area contributed by atoms with Crippen molar-refractivity contribution in [1.29, 1.82) is 0 Å². The molecule has 20 heavy (non-hydrogen) atoms. The highest BCUT2D eigenvalue weighted by atomic mass is 16.5. The Morgan fingerprint density at radius 3 is 2.80 bits per heavy atom. The van der Waals surface area contributed by atoms with Gasteiger partial charge in [0.25, 0.3) is 5.91 Å². The topological polar surface area (TPSA) is 49.8 Å². The second-order valence-electron chi connectivity index (χ2n) is 6.16. The van der Waals surface area contributed by atoms with E-state index in [-0.39, 0.29) is 18.1 Å². The van der Waals surface area contributed by atoms with Crippen LogP contribution in [0, 0.1) is 0 Å². The van der Waals surface area contributed by atoms with Gasteiger partial charge in [0.1, 0.15) is 6.61 Å². The summed E-state index contributed by atoms with van der Waals surface area (Å²) >= 11 is 0. The predicted molar refractivity (Wildman–Crippen MR) is 78.7 cm³/mol. The van der Waals surface area contributed by atoms with Gasteiger partial charge in [-0.2, -0.15) is 0 Å². The zero-order chi connectivity index (χ0) is 14.8. The molecule has 1 aliphatic rings. The molecule has 110 valence electrons. The summed E-state index contributed by atoms with van der Waals surface area (Å²) in [5.74, 6) is -0.0542. The number of aliphatic hydroxyl groups excluding tert-OH is 1. The Balaban J connectivity index is 2.19. The van der Waals surface area contributed by atoms with Crippen LogP contribution in [0.15, 0.2) is 24.3 Å². The number of ether oxygens (including phenoxy) is 1. The van der Waals surface area contributed by atoms with Crippen molar-refractivity contribution < 1.29 is 14.6 Å². The lowest BCUT2D eigenvalue weighted by Gasteiger charge is -2.26. The molecule has 4 nitrogen and oxygen atoms in total. The number of amides is 1. The summed E-state index contributed by atoms with van der Waals surface area (Å²) in [6.45, 7) is 6.48. The smallest absolute Gasteiger partial charge is 0.253 e. The summed E-state index contributed by atoms with van der Waals surface area (Å²) in [7, 11) is 0.